The molecule has 1 amide bonds. The van der Waals surface area contributed by atoms with Gasteiger partial charge in [-0.25, -0.2) is 4.79 Å². The molecule has 0 aliphatic rings. The molecular weight excluding hydrogens is 288 g/mol. The van der Waals surface area contributed by atoms with E-state index in [1.807, 2.05) is 56.3 Å². The first-order valence-electron chi connectivity index (χ1n) is 7.36. The van der Waals surface area contributed by atoms with E-state index in [4.69, 9.17) is 10.5 Å². The molecule has 4 heteroatoms. The molecule has 4 nitrogen and oxygen atoms in total. The fraction of sp³-hybridized carbons (Fsp3) is 0.211. The van der Waals surface area contributed by atoms with Crippen LogP contribution in [0.25, 0.3) is 0 Å². The van der Waals surface area contributed by atoms with Crippen LogP contribution in [0.15, 0.2) is 42.5 Å². The highest BCUT2D eigenvalue weighted by Crippen LogP contribution is 2.16. The number of hydrogen-bond donors (Lipinski definition) is 2. The van der Waals surface area contributed by atoms with Crippen LogP contribution in [-0.4, -0.2) is 12.6 Å². The summed E-state index contributed by atoms with van der Waals surface area (Å²) >= 11 is 0. The lowest BCUT2D eigenvalue weighted by Gasteiger charge is -2.05. The highest BCUT2D eigenvalue weighted by atomic mass is 16.5. The Labute approximate surface area is 136 Å². The number of nitrogens with one attached hydrogen (secondary N) is 1. The van der Waals surface area contributed by atoms with Crippen LogP contribution in [0.5, 0.6) is 0 Å². The minimum Gasteiger partial charge on any atom is -0.445 e. The number of carbonyl (C=O) groups excluding carboxylic acids is 1. The molecule has 2 rings (SSSR count). The maximum atomic E-state index is 11.6. The summed E-state index contributed by atoms with van der Waals surface area (Å²) in [5.41, 5.74) is 10.5. The summed E-state index contributed by atoms with van der Waals surface area (Å²) in [4.78, 5) is 11.6. The Morgan fingerprint density at radius 2 is 1.83 bits per heavy atom. The molecule has 2 aromatic rings. The van der Waals surface area contributed by atoms with Crippen molar-refractivity contribution < 1.29 is 9.53 Å². The summed E-state index contributed by atoms with van der Waals surface area (Å²) in [6, 6.07) is 13.3. The van der Waals surface area contributed by atoms with Crippen molar-refractivity contribution in [2.45, 2.75) is 20.5 Å². The Bertz CT molecular complexity index is 720. The van der Waals surface area contributed by atoms with Gasteiger partial charge in [-0.1, -0.05) is 42.2 Å². The number of nitrogen functional groups attached to an aromatic ring is 1. The smallest absolute Gasteiger partial charge is 0.408 e. The van der Waals surface area contributed by atoms with E-state index in [9.17, 15) is 4.79 Å². The van der Waals surface area contributed by atoms with Crippen LogP contribution in [0.4, 0.5) is 10.5 Å². The van der Waals surface area contributed by atoms with Crippen molar-refractivity contribution in [1.82, 2.24) is 5.32 Å². The molecule has 23 heavy (non-hydrogen) atoms. The topological polar surface area (TPSA) is 64.3 Å². The van der Waals surface area contributed by atoms with Gasteiger partial charge in [-0.05, 0) is 42.7 Å². The van der Waals surface area contributed by atoms with Crippen LogP contribution in [0.3, 0.4) is 0 Å². The summed E-state index contributed by atoms with van der Waals surface area (Å²) in [6.45, 7) is 4.41. The van der Waals surface area contributed by atoms with Gasteiger partial charge in [0.1, 0.15) is 6.61 Å². The number of benzene rings is 2. The summed E-state index contributed by atoms with van der Waals surface area (Å²) < 4.78 is 5.11. The number of ether oxygens (including phenoxy) is 1. The van der Waals surface area contributed by atoms with Crippen LogP contribution in [0, 0.1) is 25.7 Å². The molecule has 118 valence electrons. The molecule has 0 aliphatic carbocycles. The van der Waals surface area contributed by atoms with Gasteiger partial charge in [0.25, 0.3) is 0 Å². The standard InChI is InChI=1S/C19H20N2O2/c1-14-11-17(20)12-15(2)18(14)9-6-10-21-19(22)23-13-16-7-4-3-5-8-16/h3-5,7-8,11-12H,10,13,20H2,1-2H3,(H,21,22). The molecule has 0 aromatic heterocycles. The van der Waals surface area contributed by atoms with Crippen molar-refractivity contribution in [3.63, 3.8) is 0 Å². The molecular formula is C19H20N2O2. The van der Waals surface area contributed by atoms with Crippen LogP contribution in [-0.2, 0) is 11.3 Å². The Hall–Kier alpha value is -2.93. The third kappa shape index (κ3) is 5.08. The number of alkyl carbamates (subject to hydrolysis) is 1. The van der Waals surface area contributed by atoms with Gasteiger partial charge in [-0.3, -0.25) is 0 Å². The van der Waals surface area contributed by atoms with Crippen molar-refractivity contribution in [2.24, 2.45) is 0 Å². The number of rotatable bonds is 3. The fourth-order valence-corrected chi connectivity index (χ4v) is 2.22. The van der Waals surface area contributed by atoms with Crippen molar-refractivity contribution >= 4 is 11.8 Å². The summed E-state index contributed by atoms with van der Waals surface area (Å²) in [6.07, 6.45) is -0.478. The van der Waals surface area contributed by atoms with E-state index in [-0.39, 0.29) is 13.2 Å². The normalized spacial score (nSPS) is 9.65. The van der Waals surface area contributed by atoms with Crippen LogP contribution in [0.1, 0.15) is 22.3 Å². The number of aryl methyl sites for hydroxylation is 2. The average molecular weight is 308 g/mol. The predicted molar refractivity (Wildman–Crippen MR) is 91.8 cm³/mol. The number of anilines is 1. The lowest BCUT2D eigenvalue weighted by Crippen LogP contribution is -2.24. The second-order valence-electron chi connectivity index (χ2n) is 5.25. The molecule has 0 saturated heterocycles. The largest absolute Gasteiger partial charge is 0.445 e. The lowest BCUT2D eigenvalue weighted by molar-refractivity contribution is 0.141. The summed E-state index contributed by atoms with van der Waals surface area (Å²) in [5.74, 6) is 5.99. The van der Waals surface area contributed by atoms with Gasteiger partial charge in [0.05, 0.1) is 6.54 Å². The van der Waals surface area contributed by atoms with E-state index in [1.165, 1.54) is 0 Å². The van der Waals surface area contributed by atoms with Crippen LogP contribution in [0.2, 0.25) is 0 Å². The Kier molecular flexibility index (Phi) is 5.65. The second kappa shape index (κ2) is 7.90. The molecule has 0 saturated carbocycles. The third-order valence-electron chi connectivity index (χ3n) is 3.30. The molecule has 0 atom stereocenters. The van der Waals surface area contributed by atoms with Crippen LogP contribution < -0.4 is 11.1 Å². The summed E-state index contributed by atoms with van der Waals surface area (Å²) in [5, 5.41) is 2.61. The molecule has 0 spiro atoms. The zero-order chi connectivity index (χ0) is 16.7. The number of hydrogen-bond acceptors (Lipinski definition) is 3. The highest BCUT2D eigenvalue weighted by molar-refractivity contribution is 5.67. The zero-order valence-electron chi connectivity index (χ0n) is 13.3. The highest BCUT2D eigenvalue weighted by Gasteiger charge is 2.02. The average Bonchev–Trinajstić information content (AvgIpc) is 2.52. The Balaban J connectivity index is 1.83. The number of amides is 1. The van der Waals surface area contributed by atoms with E-state index in [2.05, 4.69) is 17.2 Å². The quantitative estimate of drug-likeness (QED) is 0.676. The van der Waals surface area contributed by atoms with Crippen molar-refractivity contribution in [1.29, 1.82) is 0 Å². The SMILES string of the molecule is Cc1cc(N)cc(C)c1C#CCNC(=O)OCc1ccccc1. The van der Waals surface area contributed by atoms with E-state index in [1.54, 1.807) is 0 Å². The van der Waals surface area contributed by atoms with Gasteiger partial charge in [0.2, 0.25) is 0 Å². The van der Waals surface area contributed by atoms with Gasteiger partial charge >= 0.3 is 6.09 Å². The fourth-order valence-electron chi connectivity index (χ4n) is 2.22. The van der Waals surface area contributed by atoms with Gasteiger partial charge in [-0.2, -0.15) is 0 Å². The van der Waals surface area contributed by atoms with Gasteiger partial charge in [0, 0.05) is 11.3 Å². The first-order valence-corrected chi connectivity index (χ1v) is 7.36. The van der Waals surface area contributed by atoms with E-state index in [0.29, 0.717) is 0 Å². The lowest BCUT2D eigenvalue weighted by atomic mass is 10.0. The maximum absolute atomic E-state index is 11.6. The molecule has 0 bridgehead atoms. The number of carbonyl (C=O) groups is 1. The van der Waals surface area contributed by atoms with E-state index in [0.717, 1.165) is 27.9 Å². The zero-order valence-corrected chi connectivity index (χ0v) is 13.3. The first-order chi connectivity index (χ1) is 11.1. The van der Waals surface area contributed by atoms with Crippen molar-refractivity contribution in [3.8, 4) is 11.8 Å². The number of nitrogens with two attached hydrogens (primary N) is 1. The Morgan fingerprint density at radius 3 is 2.48 bits per heavy atom. The molecule has 0 fully saturated rings. The van der Waals surface area contributed by atoms with Crippen molar-refractivity contribution in [2.75, 3.05) is 12.3 Å². The Morgan fingerprint density at radius 1 is 1.17 bits per heavy atom. The molecule has 0 radical (unpaired) electrons. The minimum absolute atomic E-state index is 0.233. The summed E-state index contributed by atoms with van der Waals surface area (Å²) in [7, 11) is 0. The molecule has 2 aromatic carbocycles. The van der Waals surface area contributed by atoms with Gasteiger partial charge < -0.3 is 15.8 Å². The van der Waals surface area contributed by atoms with Crippen molar-refractivity contribution in [3.05, 3.63) is 64.7 Å². The molecule has 0 unspecified atom stereocenters. The second-order valence-corrected chi connectivity index (χ2v) is 5.25. The molecule has 3 N–H and O–H groups in total. The van der Waals surface area contributed by atoms with Gasteiger partial charge in [0.15, 0.2) is 0 Å². The van der Waals surface area contributed by atoms with E-state index >= 15 is 0 Å². The minimum atomic E-state index is -0.478. The monoisotopic (exact) mass is 308 g/mol. The third-order valence-corrected chi connectivity index (χ3v) is 3.30. The predicted octanol–water partition coefficient (Wildman–Crippen LogP) is 3.16. The molecule has 0 heterocycles. The van der Waals surface area contributed by atoms with Crippen LogP contribution >= 0.6 is 0 Å². The first kappa shape index (κ1) is 16.4. The maximum Gasteiger partial charge on any atom is 0.408 e. The van der Waals surface area contributed by atoms with E-state index < -0.39 is 6.09 Å². The molecule has 0 aliphatic heterocycles. The van der Waals surface area contributed by atoms with Gasteiger partial charge in [-0.15, -0.1) is 0 Å².